The molecule has 0 amide bonds. The molecule has 64 valence electrons. The Bertz CT molecular complexity index is 128. The first-order valence-electron chi connectivity index (χ1n) is 4.84. The van der Waals surface area contributed by atoms with Crippen molar-refractivity contribution in [3.63, 3.8) is 0 Å². The summed E-state index contributed by atoms with van der Waals surface area (Å²) >= 11 is 0. The van der Waals surface area contributed by atoms with E-state index in [0.29, 0.717) is 0 Å². The lowest BCUT2D eigenvalue weighted by Crippen LogP contribution is -2.33. The molecule has 2 N–H and O–H groups in total. The average molecular weight is 154 g/mol. The van der Waals surface area contributed by atoms with Crippen LogP contribution in [0.15, 0.2) is 0 Å². The molecule has 11 heavy (non-hydrogen) atoms. The van der Waals surface area contributed by atoms with Crippen LogP contribution in [0.3, 0.4) is 0 Å². The molecule has 2 saturated carbocycles. The molecule has 0 atom stereocenters. The van der Waals surface area contributed by atoms with Crippen molar-refractivity contribution in [1.29, 1.82) is 0 Å². The van der Waals surface area contributed by atoms with Crippen LogP contribution in [0.4, 0.5) is 0 Å². The van der Waals surface area contributed by atoms with E-state index in [-0.39, 0.29) is 0 Å². The van der Waals surface area contributed by atoms with Gasteiger partial charge in [0.25, 0.3) is 0 Å². The van der Waals surface area contributed by atoms with Crippen molar-refractivity contribution < 1.29 is 0 Å². The van der Waals surface area contributed by atoms with Gasteiger partial charge in [-0.3, -0.25) is 4.90 Å². The lowest BCUT2D eigenvalue weighted by molar-refractivity contribution is 0.260. The SMILES string of the molecule is NCCN(CC1CC1)C1CC1. The van der Waals surface area contributed by atoms with Gasteiger partial charge in [0.15, 0.2) is 0 Å². The summed E-state index contributed by atoms with van der Waals surface area (Å²) in [5, 5.41) is 0. The van der Waals surface area contributed by atoms with Gasteiger partial charge >= 0.3 is 0 Å². The van der Waals surface area contributed by atoms with Gasteiger partial charge in [-0.1, -0.05) is 0 Å². The smallest absolute Gasteiger partial charge is 0.0108 e. The predicted molar refractivity (Wildman–Crippen MR) is 46.4 cm³/mol. The third-order valence-electron chi connectivity index (χ3n) is 2.67. The molecule has 0 aromatic carbocycles. The maximum Gasteiger partial charge on any atom is 0.0108 e. The molecule has 0 aromatic rings. The fourth-order valence-electron chi connectivity index (χ4n) is 1.66. The van der Waals surface area contributed by atoms with Gasteiger partial charge in [-0.15, -0.1) is 0 Å². The minimum atomic E-state index is 0.837. The monoisotopic (exact) mass is 154 g/mol. The van der Waals surface area contributed by atoms with Gasteiger partial charge in [0.05, 0.1) is 0 Å². The molecule has 2 rings (SSSR count). The first-order chi connectivity index (χ1) is 5.40. The van der Waals surface area contributed by atoms with Crippen molar-refractivity contribution in [2.24, 2.45) is 11.7 Å². The van der Waals surface area contributed by atoms with E-state index in [9.17, 15) is 0 Å². The summed E-state index contributed by atoms with van der Waals surface area (Å²) in [5.41, 5.74) is 5.55. The molecule has 2 heteroatoms. The van der Waals surface area contributed by atoms with Gasteiger partial charge in [-0.2, -0.15) is 0 Å². The van der Waals surface area contributed by atoms with Crippen molar-refractivity contribution in [3.8, 4) is 0 Å². The third kappa shape index (κ3) is 2.17. The molecule has 2 nitrogen and oxygen atoms in total. The number of rotatable bonds is 5. The second-order valence-corrected chi connectivity index (χ2v) is 3.96. The Labute approximate surface area is 68.7 Å². The van der Waals surface area contributed by atoms with Crippen LogP contribution >= 0.6 is 0 Å². The van der Waals surface area contributed by atoms with E-state index < -0.39 is 0 Å². The summed E-state index contributed by atoms with van der Waals surface area (Å²) in [6, 6.07) is 0.916. The molecule has 0 saturated heterocycles. The van der Waals surface area contributed by atoms with Crippen molar-refractivity contribution >= 4 is 0 Å². The molecule has 2 aliphatic carbocycles. The van der Waals surface area contributed by atoms with Crippen LogP contribution in [0, 0.1) is 5.92 Å². The molecule has 0 unspecified atom stereocenters. The largest absolute Gasteiger partial charge is 0.329 e. The zero-order valence-electron chi connectivity index (χ0n) is 7.13. The summed E-state index contributed by atoms with van der Waals surface area (Å²) in [6.45, 7) is 3.30. The molecule has 0 heterocycles. The van der Waals surface area contributed by atoms with Crippen LogP contribution in [0.1, 0.15) is 25.7 Å². The fraction of sp³-hybridized carbons (Fsp3) is 1.00. The van der Waals surface area contributed by atoms with E-state index in [1.165, 1.54) is 32.2 Å². The second-order valence-electron chi connectivity index (χ2n) is 3.96. The molecular formula is C9H18N2. The van der Waals surface area contributed by atoms with Crippen LogP contribution in [-0.4, -0.2) is 30.6 Å². The predicted octanol–water partition coefficient (Wildman–Crippen LogP) is 0.819. The Morgan fingerprint density at radius 3 is 2.36 bits per heavy atom. The zero-order chi connectivity index (χ0) is 7.68. The van der Waals surface area contributed by atoms with Crippen LogP contribution in [0.25, 0.3) is 0 Å². The van der Waals surface area contributed by atoms with Gasteiger partial charge in [-0.05, 0) is 31.6 Å². The normalized spacial score (nSPS) is 24.5. The number of nitrogens with two attached hydrogens (primary N) is 1. The summed E-state index contributed by atoms with van der Waals surface area (Å²) < 4.78 is 0. The maximum absolute atomic E-state index is 5.55. The topological polar surface area (TPSA) is 29.3 Å². The standard InChI is InChI=1S/C9H18N2/c10-5-6-11(9-3-4-9)7-8-1-2-8/h8-9H,1-7,10H2. The molecule has 0 spiro atoms. The van der Waals surface area contributed by atoms with E-state index >= 15 is 0 Å². The highest BCUT2D eigenvalue weighted by molar-refractivity contribution is 4.88. The lowest BCUT2D eigenvalue weighted by atomic mass is 10.3. The van der Waals surface area contributed by atoms with E-state index in [1.807, 2.05) is 0 Å². The molecule has 0 aliphatic heterocycles. The summed E-state index contributed by atoms with van der Waals surface area (Å²) in [6.07, 6.45) is 5.78. The van der Waals surface area contributed by atoms with Crippen molar-refractivity contribution in [1.82, 2.24) is 4.90 Å². The van der Waals surface area contributed by atoms with Crippen molar-refractivity contribution in [3.05, 3.63) is 0 Å². The van der Waals surface area contributed by atoms with Gasteiger partial charge < -0.3 is 5.73 Å². The molecule has 2 aliphatic rings. The van der Waals surface area contributed by atoms with Gasteiger partial charge in [0.2, 0.25) is 0 Å². The van der Waals surface area contributed by atoms with Crippen LogP contribution in [0.5, 0.6) is 0 Å². The molecule has 0 aromatic heterocycles. The zero-order valence-corrected chi connectivity index (χ0v) is 7.13. The first kappa shape index (κ1) is 7.56. The molecule has 2 fully saturated rings. The van der Waals surface area contributed by atoms with Crippen LogP contribution < -0.4 is 5.73 Å². The van der Waals surface area contributed by atoms with Crippen molar-refractivity contribution in [2.75, 3.05) is 19.6 Å². The van der Waals surface area contributed by atoms with Gasteiger partial charge in [0.1, 0.15) is 0 Å². The summed E-state index contributed by atoms with van der Waals surface area (Å²) in [7, 11) is 0. The van der Waals surface area contributed by atoms with E-state index in [4.69, 9.17) is 5.73 Å². The Morgan fingerprint density at radius 2 is 1.91 bits per heavy atom. The summed E-state index contributed by atoms with van der Waals surface area (Å²) in [5.74, 6) is 1.03. The Kier molecular flexibility index (Phi) is 2.14. The number of hydrogen-bond donors (Lipinski definition) is 1. The second kappa shape index (κ2) is 3.11. The lowest BCUT2D eigenvalue weighted by Gasteiger charge is -2.20. The molecule has 0 radical (unpaired) electrons. The fourth-order valence-corrected chi connectivity index (χ4v) is 1.66. The number of nitrogens with zero attached hydrogens (tertiary/aromatic N) is 1. The first-order valence-corrected chi connectivity index (χ1v) is 4.84. The molecule has 0 bridgehead atoms. The highest BCUT2D eigenvalue weighted by atomic mass is 15.2. The van der Waals surface area contributed by atoms with Gasteiger partial charge in [-0.25, -0.2) is 0 Å². The molecular weight excluding hydrogens is 136 g/mol. The Morgan fingerprint density at radius 1 is 1.18 bits per heavy atom. The average Bonchev–Trinajstić information content (AvgIpc) is 2.84. The Hall–Kier alpha value is -0.0800. The van der Waals surface area contributed by atoms with E-state index in [2.05, 4.69) is 4.90 Å². The van der Waals surface area contributed by atoms with Gasteiger partial charge in [0, 0.05) is 25.7 Å². The third-order valence-corrected chi connectivity index (χ3v) is 2.67. The highest BCUT2D eigenvalue weighted by Crippen LogP contribution is 2.34. The maximum atomic E-state index is 5.55. The van der Waals surface area contributed by atoms with E-state index in [0.717, 1.165) is 25.0 Å². The number of hydrogen-bond acceptors (Lipinski definition) is 2. The van der Waals surface area contributed by atoms with Crippen LogP contribution in [-0.2, 0) is 0 Å². The van der Waals surface area contributed by atoms with Crippen LogP contribution in [0.2, 0.25) is 0 Å². The van der Waals surface area contributed by atoms with E-state index in [1.54, 1.807) is 0 Å². The van der Waals surface area contributed by atoms with Crippen molar-refractivity contribution in [2.45, 2.75) is 31.7 Å². The quantitative estimate of drug-likeness (QED) is 0.635. The highest BCUT2D eigenvalue weighted by Gasteiger charge is 2.32. The Balaban J connectivity index is 1.72. The summed E-state index contributed by atoms with van der Waals surface area (Å²) in [4.78, 5) is 2.59. The minimum absolute atomic E-state index is 0.837. The minimum Gasteiger partial charge on any atom is -0.329 e.